The maximum absolute atomic E-state index is 13.3. The summed E-state index contributed by atoms with van der Waals surface area (Å²) in [5.41, 5.74) is 2.32. The van der Waals surface area contributed by atoms with E-state index in [0.717, 1.165) is 28.6 Å². The lowest BCUT2D eigenvalue weighted by molar-refractivity contribution is 0.208. The Morgan fingerprint density at radius 1 is 1.12 bits per heavy atom. The summed E-state index contributed by atoms with van der Waals surface area (Å²) in [5.74, 6) is -0.158. The maximum atomic E-state index is 13.3. The first kappa shape index (κ1) is 24.7. The topological polar surface area (TPSA) is 79.2 Å². The van der Waals surface area contributed by atoms with E-state index in [-0.39, 0.29) is 35.3 Å². The van der Waals surface area contributed by atoms with Gasteiger partial charge >= 0.3 is 6.03 Å². The van der Waals surface area contributed by atoms with Gasteiger partial charge < -0.3 is 15.7 Å². The summed E-state index contributed by atoms with van der Waals surface area (Å²) in [5, 5.41) is 20.9. The van der Waals surface area contributed by atoms with Gasteiger partial charge in [-0.1, -0.05) is 19.9 Å². The summed E-state index contributed by atoms with van der Waals surface area (Å²) >= 11 is 0. The van der Waals surface area contributed by atoms with Gasteiger partial charge in [0.25, 0.3) is 0 Å². The second-order valence-corrected chi connectivity index (χ2v) is 10.3. The van der Waals surface area contributed by atoms with E-state index in [1.165, 1.54) is 12.1 Å². The first-order chi connectivity index (χ1) is 15.5. The molecular formula is C26H35FN4O2. The molecule has 6 nitrogen and oxygen atoms in total. The van der Waals surface area contributed by atoms with Crippen LogP contribution in [-0.2, 0) is 0 Å². The highest BCUT2D eigenvalue weighted by Gasteiger charge is 2.31. The number of nitrogens with one attached hydrogen (secondary N) is 2. The number of aliphatic hydroxyl groups excluding tert-OH is 1. The molecule has 3 N–H and O–H groups in total. The molecule has 0 bridgehead atoms. The largest absolute Gasteiger partial charge is 0.396 e. The first-order valence-corrected chi connectivity index (χ1v) is 11.4. The van der Waals surface area contributed by atoms with Crippen LogP contribution in [0.4, 0.5) is 9.18 Å². The zero-order valence-corrected chi connectivity index (χ0v) is 20.2. The minimum atomic E-state index is -0.305. The number of aromatic nitrogens is 2. The Hall–Kier alpha value is -2.93. The fourth-order valence-corrected chi connectivity index (χ4v) is 4.18. The van der Waals surface area contributed by atoms with Gasteiger partial charge in [0.05, 0.1) is 17.4 Å². The van der Waals surface area contributed by atoms with Crippen LogP contribution in [0.2, 0.25) is 0 Å². The van der Waals surface area contributed by atoms with Gasteiger partial charge in [-0.25, -0.2) is 13.9 Å². The summed E-state index contributed by atoms with van der Waals surface area (Å²) in [7, 11) is 0. The summed E-state index contributed by atoms with van der Waals surface area (Å²) < 4.78 is 15.1. The number of amides is 2. The summed E-state index contributed by atoms with van der Waals surface area (Å²) in [6, 6.07) is 12.3. The number of hydrogen-bond donors (Lipinski definition) is 3. The number of rotatable bonds is 8. The van der Waals surface area contributed by atoms with Crippen LogP contribution in [0.5, 0.6) is 0 Å². The summed E-state index contributed by atoms with van der Waals surface area (Å²) in [4.78, 5) is 12.3. The monoisotopic (exact) mass is 454 g/mol. The Kier molecular flexibility index (Phi) is 7.42. The maximum Gasteiger partial charge on any atom is 0.315 e. The van der Waals surface area contributed by atoms with E-state index in [1.807, 2.05) is 33.0 Å². The molecule has 0 aliphatic carbocycles. The van der Waals surface area contributed by atoms with E-state index < -0.39 is 0 Å². The zero-order chi connectivity index (χ0) is 24.2. The number of benzene rings is 2. The Morgan fingerprint density at radius 2 is 1.82 bits per heavy atom. The number of carbonyl (C=O) groups excluding carboxylic acids is 1. The standard InChI is InChI=1S/C26H35FN4O2/c1-25(2,3)30-24(33)28-17-26(4,5)22(7-6-14-32)18-8-13-23-19(15-18)16-29-31(23)21-11-9-20(27)10-12-21/h8-13,15-16,22,32H,6-7,14,17H2,1-5H3,(H2,28,30,33). The van der Waals surface area contributed by atoms with E-state index in [4.69, 9.17) is 0 Å². The molecule has 0 radical (unpaired) electrons. The smallest absolute Gasteiger partial charge is 0.315 e. The molecule has 2 amide bonds. The van der Waals surface area contributed by atoms with Gasteiger partial charge in [-0.2, -0.15) is 5.10 Å². The van der Waals surface area contributed by atoms with E-state index in [1.54, 1.807) is 16.8 Å². The van der Waals surface area contributed by atoms with Gasteiger partial charge in [-0.3, -0.25) is 0 Å². The summed E-state index contributed by atoms with van der Waals surface area (Å²) in [6.07, 6.45) is 3.28. The molecule has 1 heterocycles. The molecule has 2 aromatic carbocycles. The van der Waals surface area contributed by atoms with Crippen LogP contribution in [0.3, 0.4) is 0 Å². The Morgan fingerprint density at radius 3 is 2.45 bits per heavy atom. The first-order valence-electron chi connectivity index (χ1n) is 11.4. The van der Waals surface area contributed by atoms with E-state index in [0.29, 0.717) is 13.0 Å². The Bertz CT molecular complexity index is 1080. The molecule has 3 rings (SSSR count). The molecule has 1 aromatic heterocycles. The van der Waals surface area contributed by atoms with Crippen molar-refractivity contribution in [1.29, 1.82) is 0 Å². The van der Waals surface area contributed by atoms with Crippen molar-refractivity contribution >= 4 is 16.9 Å². The molecule has 1 unspecified atom stereocenters. The lowest BCUT2D eigenvalue weighted by Crippen LogP contribution is -2.49. The van der Waals surface area contributed by atoms with Crippen LogP contribution in [0.15, 0.2) is 48.7 Å². The van der Waals surface area contributed by atoms with Crippen molar-refractivity contribution in [3.05, 3.63) is 60.0 Å². The minimum Gasteiger partial charge on any atom is -0.396 e. The molecule has 0 fully saturated rings. The molecule has 0 aliphatic heterocycles. The van der Waals surface area contributed by atoms with Gasteiger partial charge in [0.2, 0.25) is 0 Å². The number of aliphatic hydroxyl groups is 1. The summed E-state index contributed by atoms with van der Waals surface area (Å²) in [6.45, 7) is 10.7. The van der Waals surface area contributed by atoms with Gasteiger partial charge in [0, 0.05) is 24.1 Å². The van der Waals surface area contributed by atoms with E-state index in [9.17, 15) is 14.3 Å². The number of halogens is 1. The molecule has 1 atom stereocenters. The highest BCUT2D eigenvalue weighted by molar-refractivity contribution is 5.81. The van der Waals surface area contributed by atoms with Gasteiger partial charge in [0.1, 0.15) is 5.82 Å². The third-order valence-electron chi connectivity index (χ3n) is 5.85. The van der Waals surface area contributed by atoms with Crippen LogP contribution in [-0.4, -0.2) is 39.6 Å². The van der Waals surface area contributed by atoms with Gasteiger partial charge in [0.15, 0.2) is 0 Å². The molecule has 0 spiro atoms. The number of hydrogen-bond acceptors (Lipinski definition) is 3. The lowest BCUT2D eigenvalue weighted by Gasteiger charge is -2.35. The van der Waals surface area contributed by atoms with Crippen LogP contribution in [0.25, 0.3) is 16.6 Å². The fourth-order valence-electron chi connectivity index (χ4n) is 4.18. The molecule has 178 valence electrons. The van der Waals surface area contributed by atoms with E-state index >= 15 is 0 Å². The quantitative estimate of drug-likeness (QED) is 0.441. The molecule has 33 heavy (non-hydrogen) atoms. The molecule has 3 aromatic rings. The van der Waals surface area contributed by atoms with Crippen molar-refractivity contribution in [1.82, 2.24) is 20.4 Å². The Labute approximate surface area is 195 Å². The van der Waals surface area contributed by atoms with Crippen molar-refractivity contribution in [2.24, 2.45) is 5.41 Å². The molecule has 0 aliphatic rings. The van der Waals surface area contributed by atoms with Crippen LogP contribution < -0.4 is 10.6 Å². The average molecular weight is 455 g/mol. The number of fused-ring (bicyclic) bond motifs is 1. The van der Waals surface area contributed by atoms with Crippen LogP contribution in [0, 0.1) is 11.2 Å². The molecule has 0 saturated heterocycles. The van der Waals surface area contributed by atoms with Crippen molar-refractivity contribution < 1.29 is 14.3 Å². The minimum absolute atomic E-state index is 0.120. The predicted octanol–water partition coefficient (Wildman–Crippen LogP) is 5.14. The van der Waals surface area contributed by atoms with Crippen LogP contribution >= 0.6 is 0 Å². The van der Waals surface area contributed by atoms with Crippen molar-refractivity contribution in [3.63, 3.8) is 0 Å². The third-order valence-corrected chi connectivity index (χ3v) is 5.85. The fraction of sp³-hybridized carbons (Fsp3) is 0.462. The molecule has 0 saturated carbocycles. The number of urea groups is 1. The SMILES string of the molecule is CC(C)(C)NC(=O)NCC(C)(C)C(CCCO)c1ccc2c(cnn2-c2ccc(F)cc2)c1. The van der Waals surface area contributed by atoms with Gasteiger partial charge in [-0.05, 0) is 86.9 Å². The second-order valence-electron chi connectivity index (χ2n) is 10.3. The highest BCUT2D eigenvalue weighted by Crippen LogP contribution is 2.39. The second kappa shape index (κ2) is 9.91. The van der Waals surface area contributed by atoms with Crippen molar-refractivity contribution in [2.75, 3.05) is 13.2 Å². The third kappa shape index (κ3) is 6.32. The zero-order valence-electron chi connectivity index (χ0n) is 20.2. The molecule has 7 heteroatoms. The predicted molar refractivity (Wildman–Crippen MR) is 130 cm³/mol. The van der Waals surface area contributed by atoms with Crippen molar-refractivity contribution in [3.8, 4) is 5.69 Å². The van der Waals surface area contributed by atoms with Crippen LogP contribution in [0.1, 0.15) is 58.9 Å². The Balaban J connectivity index is 1.86. The van der Waals surface area contributed by atoms with E-state index in [2.05, 4.69) is 41.7 Å². The molecular weight excluding hydrogens is 419 g/mol. The average Bonchev–Trinajstić information content (AvgIpc) is 3.15. The number of nitrogens with zero attached hydrogens (tertiary/aromatic N) is 2. The highest BCUT2D eigenvalue weighted by atomic mass is 19.1. The van der Waals surface area contributed by atoms with Crippen molar-refractivity contribution in [2.45, 2.75) is 58.9 Å². The normalized spacial score (nSPS) is 13.2. The number of carbonyl (C=O) groups is 1. The lowest BCUT2D eigenvalue weighted by atomic mass is 9.72. The van der Waals surface area contributed by atoms with Gasteiger partial charge in [-0.15, -0.1) is 0 Å².